The number of likely N-dealkylation sites (N-methyl/N-ethyl adjacent to an activating group) is 1. The molecule has 0 aromatic heterocycles. The van der Waals surface area contributed by atoms with Gasteiger partial charge in [0.2, 0.25) is 5.91 Å². The summed E-state index contributed by atoms with van der Waals surface area (Å²) in [5.74, 6) is 2.14. The van der Waals surface area contributed by atoms with Gasteiger partial charge in [-0.05, 0) is 54.2 Å². The van der Waals surface area contributed by atoms with Crippen LogP contribution >= 0.6 is 0 Å². The average Bonchev–Trinajstić information content (AvgIpc) is 3.14. The van der Waals surface area contributed by atoms with Crippen LogP contribution in [0.15, 0.2) is 18.2 Å². The Balaban J connectivity index is 1.60. The summed E-state index contributed by atoms with van der Waals surface area (Å²) in [6, 6.07) is 6.05. The molecule has 2 aliphatic carbocycles. The zero-order chi connectivity index (χ0) is 13.9. The Hall–Kier alpha value is -1.35. The van der Waals surface area contributed by atoms with E-state index in [4.69, 9.17) is 0 Å². The number of hydrogen-bond acceptors (Lipinski definition) is 2. The van der Waals surface area contributed by atoms with E-state index in [1.807, 2.05) is 25.2 Å². The predicted molar refractivity (Wildman–Crippen MR) is 77.5 cm³/mol. The van der Waals surface area contributed by atoms with Crippen LogP contribution in [0.3, 0.4) is 0 Å². The summed E-state index contributed by atoms with van der Waals surface area (Å²) in [5.41, 5.74) is 3.07. The first-order valence-corrected chi connectivity index (χ1v) is 7.71. The van der Waals surface area contributed by atoms with Gasteiger partial charge in [-0.25, -0.2) is 0 Å². The Morgan fingerprint density at radius 1 is 1.30 bits per heavy atom. The van der Waals surface area contributed by atoms with Crippen molar-refractivity contribution in [2.24, 2.45) is 17.8 Å². The molecule has 1 N–H and O–H groups in total. The Morgan fingerprint density at radius 2 is 2.15 bits per heavy atom. The van der Waals surface area contributed by atoms with Gasteiger partial charge in [0.15, 0.2) is 0 Å². The minimum atomic E-state index is -0.350. The highest BCUT2D eigenvalue weighted by molar-refractivity contribution is 6.00. The predicted octanol–water partition coefficient (Wildman–Crippen LogP) is 2.68. The van der Waals surface area contributed by atoms with Gasteiger partial charge in [0.05, 0.1) is 12.5 Å². The zero-order valence-corrected chi connectivity index (χ0v) is 11.9. The van der Waals surface area contributed by atoms with Crippen LogP contribution < -0.4 is 4.90 Å². The van der Waals surface area contributed by atoms with Crippen molar-refractivity contribution in [2.75, 3.05) is 11.9 Å². The highest BCUT2D eigenvalue weighted by atomic mass is 16.3. The summed E-state index contributed by atoms with van der Waals surface area (Å²) in [5, 5.41) is 10.7. The molecular weight excluding hydrogens is 250 g/mol. The molecule has 1 aromatic carbocycles. The summed E-state index contributed by atoms with van der Waals surface area (Å²) in [6.07, 6.45) is 5.27. The van der Waals surface area contributed by atoms with Gasteiger partial charge in [0.25, 0.3) is 0 Å². The zero-order valence-electron chi connectivity index (χ0n) is 11.9. The fraction of sp³-hybridized carbons (Fsp3) is 0.588. The molecule has 0 spiro atoms. The third-order valence-electron chi connectivity index (χ3n) is 5.72. The van der Waals surface area contributed by atoms with Crippen molar-refractivity contribution in [1.29, 1.82) is 0 Å². The third-order valence-corrected chi connectivity index (χ3v) is 5.72. The first kappa shape index (κ1) is 12.4. The lowest BCUT2D eigenvalue weighted by atomic mass is 9.82. The van der Waals surface area contributed by atoms with Crippen molar-refractivity contribution in [1.82, 2.24) is 0 Å². The summed E-state index contributed by atoms with van der Waals surface area (Å²) >= 11 is 0. The maximum absolute atomic E-state index is 11.7. The first-order valence-electron chi connectivity index (χ1n) is 7.71. The van der Waals surface area contributed by atoms with Gasteiger partial charge in [-0.3, -0.25) is 4.79 Å². The van der Waals surface area contributed by atoms with E-state index >= 15 is 0 Å². The minimum Gasteiger partial charge on any atom is -0.388 e. The molecule has 4 unspecified atom stereocenters. The first-order chi connectivity index (χ1) is 9.63. The van der Waals surface area contributed by atoms with E-state index in [1.165, 1.54) is 25.7 Å². The van der Waals surface area contributed by atoms with E-state index in [1.54, 1.807) is 4.90 Å². The molecule has 4 rings (SSSR count). The SMILES string of the molecule is CN1C(=O)Cc2cc(C(O)C3CC4CCC3C4)ccc21. The molecule has 3 nitrogen and oxygen atoms in total. The molecule has 1 aromatic rings. The number of aliphatic hydroxyl groups is 1. The molecule has 1 heterocycles. The number of carbonyl (C=O) groups excluding carboxylic acids is 1. The fourth-order valence-corrected chi connectivity index (χ4v) is 4.60. The lowest BCUT2D eigenvalue weighted by Gasteiger charge is -2.27. The minimum absolute atomic E-state index is 0.145. The van der Waals surface area contributed by atoms with Gasteiger partial charge in [0.1, 0.15) is 0 Å². The molecule has 2 fully saturated rings. The van der Waals surface area contributed by atoms with E-state index in [0.717, 1.165) is 22.7 Å². The van der Waals surface area contributed by atoms with Crippen LogP contribution in [-0.4, -0.2) is 18.1 Å². The van der Waals surface area contributed by atoms with Gasteiger partial charge in [0, 0.05) is 12.7 Å². The maximum atomic E-state index is 11.7. The number of carbonyl (C=O) groups is 1. The summed E-state index contributed by atoms with van der Waals surface area (Å²) in [4.78, 5) is 13.4. The smallest absolute Gasteiger partial charge is 0.231 e. The van der Waals surface area contributed by atoms with E-state index in [-0.39, 0.29) is 12.0 Å². The Labute approximate surface area is 119 Å². The van der Waals surface area contributed by atoms with E-state index in [0.29, 0.717) is 18.3 Å². The number of benzene rings is 1. The molecule has 2 bridgehead atoms. The second-order valence-electron chi connectivity index (χ2n) is 6.80. The van der Waals surface area contributed by atoms with Crippen molar-refractivity contribution >= 4 is 11.6 Å². The third kappa shape index (κ3) is 1.72. The van der Waals surface area contributed by atoms with Gasteiger partial charge in [-0.2, -0.15) is 0 Å². The fourth-order valence-electron chi connectivity index (χ4n) is 4.60. The van der Waals surface area contributed by atoms with Crippen molar-refractivity contribution in [3.05, 3.63) is 29.3 Å². The Bertz CT molecular complexity index is 568. The van der Waals surface area contributed by atoms with Crippen molar-refractivity contribution < 1.29 is 9.90 Å². The van der Waals surface area contributed by atoms with Gasteiger partial charge < -0.3 is 10.0 Å². The lowest BCUT2D eigenvalue weighted by molar-refractivity contribution is -0.117. The van der Waals surface area contributed by atoms with Crippen LogP contribution in [0.2, 0.25) is 0 Å². The summed E-state index contributed by atoms with van der Waals surface area (Å²) < 4.78 is 0. The highest BCUT2D eigenvalue weighted by Crippen LogP contribution is 2.52. The maximum Gasteiger partial charge on any atom is 0.231 e. The van der Waals surface area contributed by atoms with Gasteiger partial charge in [-0.15, -0.1) is 0 Å². The van der Waals surface area contributed by atoms with Crippen LogP contribution in [0.5, 0.6) is 0 Å². The number of amides is 1. The van der Waals surface area contributed by atoms with Crippen LogP contribution in [0, 0.1) is 17.8 Å². The molecule has 2 saturated carbocycles. The average molecular weight is 271 g/mol. The second-order valence-corrected chi connectivity index (χ2v) is 6.80. The molecule has 3 heteroatoms. The Kier molecular flexibility index (Phi) is 2.68. The van der Waals surface area contributed by atoms with Crippen LogP contribution in [0.25, 0.3) is 0 Å². The Morgan fingerprint density at radius 3 is 2.85 bits per heavy atom. The number of anilines is 1. The second kappa shape index (κ2) is 4.32. The molecule has 0 radical (unpaired) electrons. The summed E-state index contributed by atoms with van der Waals surface area (Å²) in [7, 11) is 1.82. The largest absolute Gasteiger partial charge is 0.388 e. The molecule has 0 saturated heterocycles. The number of rotatable bonds is 2. The van der Waals surface area contributed by atoms with Gasteiger partial charge >= 0.3 is 0 Å². The number of aliphatic hydroxyl groups excluding tert-OH is 1. The van der Waals surface area contributed by atoms with E-state index in [9.17, 15) is 9.90 Å². The molecule has 1 amide bonds. The molecule has 1 aliphatic heterocycles. The van der Waals surface area contributed by atoms with E-state index in [2.05, 4.69) is 0 Å². The highest BCUT2D eigenvalue weighted by Gasteiger charge is 2.43. The normalized spacial score (nSPS) is 32.8. The van der Waals surface area contributed by atoms with Crippen LogP contribution in [-0.2, 0) is 11.2 Å². The molecular formula is C17H21NO2. The van der Waals surface area contributed by atoms with Crippen molar-refractivity contribution in [3.63, 3.8) is 0 Å². The molecule has 106 valence electrons. The van der Waals surface area contributed by atoms with E-state index < -0.39 is 0 Å². The standard InChI is InChI=1S/C17H21NO2/c1-18-15-5-4-12(8-13(15)9-16(18)19)17(20)14-7-10-2-3-11(14)6-10/h4-5,8,10-11,14,17,20H,2-3,6-7,9H2,1H3. The lowest BCUT2D eigenvalue weighted by Crippen LogP contribution is -2.20. The quantitative estimate of drug-likeness (QED) is 0.898. The van der Waals surface area contributed by atoms with Crippen LogP contribution in [0.1, 0.15) is 42.9 Å². The van der Waals surface area contributed by atoms with Gasteiger partial charge in [-0.1, -0.05) is 18.6 Å². The molecule has 20 heavy (non-hydrogen) atoms. The topological polar surface area (TPSA) is 40.5 Å². The number of nitrogens with zero attached hydrogens (tertiary/aromatic N) is 1. The van der Waals surface area contributed by atoms with Crippen LogP contribution in [0.4, 0.5) is 5.69 Å². The molecule has 4 atom stereocenters. The van der Waals surface area contributed by atoms with Crippen molar-refractivity contribution in [3.8, 4) is 0 Å². The number of hydrogen-bond donors (Lipinski definition) is 1. The molecule has 3 aliphatic rings. The number of fused-ring (bicyclic) bond motifs is 3. The monoisotopic (exact) mass is 271 g/mol. The van der Waals surface area contributed by atoms with Crippen molar-refractivity contribution in [2.45, 2.75) is 38.2 Å². The summed E-state index contributed by atoms with van der Waals surface area (Å²) in [6.45, 7) is 0.